The molecule has 0 spiro atoms. The van der Waals surface area contributed by atoms with E-state index in [4.69, 9.17) is 0 Å². The van der Waals surface area contributed by atoms with Gasteiger partial charge in [-0.15, -0.1) is 0 Å². The molecule has 1 amide bonds. The Kier molecular flexibility index (Phi) is 3.31. The van der Waals surface area contributed by atoms with E-state index in [1.807, 2.05) is 12.1 Å². The van der Waals surface area contributed by atoms with Gasteiger partial charge in [0.1, 0.15) is 0 Å². The van der Waals surface area contributed by atoms with Crippen LogP contribution in [0.2, 0.25) is 0 Å². The van der Waals surface area contributed by atoms with Crippen molar-refractivity contribution < 1.29 is 13.2 Å². The largest absolute Gasteiger partial charge is 0.352 e. The highest BCUT2D eigenvalue weighted by Crippen LogP contribution is 2.49. The Morgan fingerprint density at radius 1 is 1.38 bits per heavy atom. The SMILES string of the molecule is CC(NC(=O)[C@@H]1C[C@H]1c1ccncc1)C1(S(C)(=O)=O)CC1. The molecule has 1 aromatic heterocycles. The molecule has 3 rings (SSSR count). The highest BCUT2D eigenvalue weighted by molar-refractivity contribution is 7.92. The Bertz CT molecular complexity index is 653. The number of carbonyl (C=O) groups is 1. The van der Waals surface area contributed by atoms with Gasteiger partial charge in [0.05, 0.1) is 4.75 Å². The molecular formula is C15H20N2O3S. The van der Waals surface area contributed by atoms with Crippen molar-refractivity contribution in [2.24, 2.45) is 5.92 Å². The lowest BCUT2D eigenvalue weighted by Crippen LogP contribution is -2.47. The monoisotopic (exact) mass is 308 g/mol. The third-order valence-corrected chi connectivity index (χ3v) is 7.13. The van der Waals surface area contributed by atoms with Gasteiger partial charge in [-0.05, 0) is 49.8 Å². The Morgan fingerprint density at radius 2 is 2.00 bits per heavy atom. The number of hydrogen-bond acceptors (Lipinski definition) is 4. The summed E-state index contributed by atoms with van der Waals surface area (Å²) in [5, 5.41) is 2.92. The van der Waals surface area contributed by atoms with Gasteiger partial charge in [0.25, 0.3) is 0 Å². The van der Waals surface area contributed by atoms with Crippen molar-refractivity contribution in [3.63, 3.8) is 0 Å². The molecule has 1 unspecified atom stereocenters. The van der Waals surface area contributed by atoms with Crippen LogP contribution in [0, 0.1) is 5.92 Å². The maximum absolute atomic E-state index is 12.3. The van der Waals surface area contributed by atoms with E-state index in [0.29, 0.717) is 12.8 Å². The molecule has 1 aromatic rings. The number of pyridine rings is 1. The van der Waals surface area contributed by atoms with Crippen LogP contribution in [0.1, 0.15) is 37.7 Å². The zero-order valence-corrected chi connectivity index (χ0v) is 13.1. The Morgan fingerprint density at radius 3 is 2.52 bits per heavy atom. The average molecular weight is 308 g/mol. The number of nitrogens with one attached hydrogen (secondary N) is 1. The maximum Gasteiger partial charge on any atom is 0.224 e. The lowest BCUT2D eigenvalue weighted by Gasteiger charge is -2.23. The fourth-order valence-corrected chi connectivity index (χ4v) is 4.71. The van der Waals surface area contributed by atoms with E-state index >= 15 is 0 Å². The summed E-state index contributed by atoms with van der Waals surface area (Å²) >= 11 is 0. The Hall–Kier alpha value is -1.43. The third kappa shape index (κ3) is 2.57. The van der Waals surface area contributed by atoms with Crippen molar-refractivity contribution >= 4 is 15.7 Å². The second-order valence-corrected chi connectivity index (χ2v) is 8.65. The molecular weight excluding hydrogens is 288 g/mol. The van der Waals surface area contributed by atoms with Crippen molar-refractivity contribution in [2.75, 3.05) is 6.26 Å². The lowest BCUT2D eigenvalue weighted by atomic mass is 10.1. The van der Waals surface area contributed by atoms with Crippen LogP contribution < -0.4 is 5.32 Å². The van der Waals surface area contributed by atoms with Crippen molar-refractivity contribution in [1.82, 2.24) is 10.3 Å². The second-order valence-electron chi connectivity index (χ2n) is 6.30. The first-order chi connectivity index (χ1) is 9.85. The molecule has 6 heteroatoms. The molecule has 2 fully saturated rings. The average Bonchev–Trinajstić information content (AvgIpc) is 3.29. The zero-order chi connectivity index (χ0) is 15.3. The lowest BCUT2D eigenvalue weighted by molar-refractivity contribution is -0.123. The predicted octanol–water partition coefficient (Wildman–Crippen LogP) is 1.27. The Labute approximate surface area is 125 Å². The van der Waals surface area contributed by atoms with Gasteiger partial charge in [-0.25, -0.2) is 8.42 Å². The normalized spacial score (nSPS) is 27.7. The van der Waals surface area contributed by atoms with Gasteiger partial charge in [0, 0.05) is 30.6 Å². The molecule has 2 aliphatic carbocycles. The number of rotatable bonds is 5. The molecule has 1 heterocycles. The number of aromatic nitrogens is 1. The smallest absolute Gasteiger partial charge is 0.224 e. The molecule has 0 aromatic carbocycles. The van der Waals surface area contributed by atoms with E-state index in [2.05, 4.69) is 10.3 Å². The fraction of sp³-hybridized carbons (Fsp3) is 0.600. The van der Waals surface area contributed by atoms with Crippen LogP contribution in [0.25, 0.3) is 0 Å². The molecule has 2 aliphatic rings. The summed E-state index contributed by atoms with van der Waals surface area (Å²) in [6.07, 6.45) is 6.84. The van der Waals surface area contributed by atoms with Crippen LogP contribution in [0.3, 0.4) is 0 Å². The van der Waals surface area contributed by atoms with Gasteiger partial charge in [-0.3, -0.25) is 9.78 Å². The third-order valence-electron chi connectivity index (χ3n) is 4.89. The molecule has 3 atom stereocenters. The summed E-state index contributed by atoms with van der Waals surface area (Å²) in [7, 11) is -3.13. The minimum atomic E-state index is -3.13. The van der Waals surface area contributed by atoms with Crippen LogP contribution in [0.15, 0.2) is 24.5 Å². The highest BCUT2D eigenvalue weighted by Gasteiger charge is 2.57. The quantitative estimate of drug-likeness (QED) is 0.888. The van der Waals surface area contributed by atoms with Crippen LogP contribution in [-0.2, 0) is 14.6 Å². The second kappa shape index (κ2) is 4.80. The first kappa shape index (κ1) is 14.5. The summed E-state index contributed by atoms with van der Waals surface area (Å²) in [6.45, 7) is 1.80. The van der Waals surface area contributed by atoms with E-state index in [9.17, 15) is 13.2 Å². The van der Waals surface area contributed by atoms with E-state index in [-0.39, 0.29) is 23.8 Å². The molecule has 0 aliphatic heterocycles. The van der Waals surface area contributed by atoms with E-state index in [1.165, 1.54) is 6.26 Å². The van der Waals surface area contributed by atoms with Crippen LogP contribution in [-0.4, -0.2) is 36.4 Å². The summed E-state index contributed by atoms with van der Waals surface area (Å²) in [4.78, 5) is 16.3. The van der Waals surface area contributed by atoms with Gasteiger partial charge in [0.2, 0.25) is 5.91 Å². The summed E-state index contributed by atoms with van der Waals surface area (Å²) in [5.74, 6) is 0.179. The summed E-state index contributed by atoms with van der Waals surface area (Å²) < 4.78 is 23.0. The van der Waals surface area contributed by atoms with E-state index in [1.54, 1.807) is 19.3 Å². The van der Waals surface area contributed by atoms with Crippen molar-refractivity contribution in [1.29, 1.82) is 0 Å². The number of amides is 1. The first-order valence-electron chi connectivity index (χ1n) is 7.25. The molecule has 0 bridgehead atoms. The molecule has 0 radical (unpaired) electrons. The molecule has 1 N–H and O–H groups in total. The predicted molar refractivity (Wildman–Crippen MR) is 79.5 cm³/mol. The Balaban J connectivity index is 1.62. The summed E-state index contributed by atoms with van der Waals surface area (Å²) in [5.41, 5.74) is 1.13. The molecule has 114 valence electrons. The number of hydrogen-bond donors (Lipinski definition) is 1. The van der Waals surface area contributed by atoms with Gasteiger partial charge in [0.15, 0.2) is 9.84 Å². The minimum Gasteiger partial charge on any atom is -0.352 e. The topological polar surface area (TPSA) is 76.1 Å². The van der Waals surface area contributed by atoms with E-state index < -0.39 is 14.6 Å². The highest BCUT2D eigenvalue weighted by atomic mass is 32.2. The number of carbonyl (C=O) groups excluding carboxylic acids is 1. The van der Waals surface area contributed by atoms with Crippen LogP contribution >= 0.6 is 0 Å². The number of nitrogens with zero attached hydrogens (tertiary/aromatic N) is 1. The minimum absolute atomic E-state index is 0.0285. The number of sulfone groups is 1. The van der Waals surface area contributed by atoms with Crippen LogP contribution in [0.4, 0.5) is 0 Å². The summed E-state index contributed by atoms with van der Waals surface area (Å²) in [6, 6.07) is 3.54. The van der Waals surface area contributed by atoms with Crippen molar-refractivity contribution in [3.8, 4) is 0 Å². The first-order valence-corrected chi connectivity index (χ1v) is 9.14. The van der Waals surface area contributed by atoms with Gasteiger partial charge in [-0.2, -0.15) is 0 Å². The van der Waals surface area contributed by atoms with Crippen molar-refractivity contribution in [3.05, 3.63) is 30.1 Å². The standard InChI is InChI=1S/C15H20N2O3S/c1-10(15(5-6-15)21(2,19)20)17-14(18)13-9-12(13)11-3-7-16-8-4-11/h3-4,7-8,10,12-13H,5-6,9H2,1-2H3,(H,17,18)/t10?,12-,13+/m0/s1. The molecule has 21 heavy (non-hydrogen) atoms. The molecule has 0 saturated heterocycles. The van der Waals surface area contributed by atoms with Crippen molar-refractivity contribution in [2.45, 2.75) is 42.9 Å². The maximum atomic E-state index is 12.3. The fourth-order valence-electron chi connectivity index (χ4n) is 3.16. The molecule has 5 nitrogen and oxygen atoms in total. The van der Waals surface area contributed by atoms with Crippen LogP contribution in [0.5, 0.6) is 0 Å². The van der Waals surface area contributed by atoms with Gasteiger partial charge in [-0.1, -0.05) is 0 Å². The van der Waals surface area contributed by atoms with Gasteiger partial charge < -0.3 is 5.32 Å². The van der Waals surface area contributed by atoms with Gasteiger partial charge >= 0.3 is 0 Å². The zero-order valence-electron chi connectivity index (χ0n) is 12.2. The van der Waals surface area contributed by atoms with E-state index in [0.717, 1.165) is 12.0 Å². The molecule has 2 saturated carbocycles.